The van der Waals surface area contributed by atoms with Crippen LogP contribution in [0.2, 0.25) is 0 Å². The van der Waals surface area contributed by atoms with Gasteiger partial charge in [0.15, 0.2) is 12.6 Å². The molecule has 158 valence electrons. The van der Waals surface area contributed by atoms with Gasteiger partial charge < -0.3 is 20.3 Å². The van der Waals surface area contributed by atoms with Crippen LogP contribution in [0.15, 0.2) is 35.5 Å². The summed E-state index contributed by atoms with van der Waals surface area (Å²) in [5.74, 6) is 1.53. The smallest absolute Gasteiger partial charge is 0.265 e. The molecule has 1 aromatic carbocycles. The zero-order valence-corrected chi connectivity index (χ0v) is 20.0. The van der Waals surface area contributed by atoms with Crippen molar-refractivity contribution in [3.05, 3.63) is 40.3 Å². The summed E-state index contributed by atoms with van der Waals surface area (Å²) in [6.07, 6.45) is 3.73. The molecule has 0 bridgehead atoms. The highest BCUT2D eigenvalue weighted by Crippen LogP contribution is 2.31. The summed E-state index contributed by atoms with van der Waals surface area (Å²) in [4.78, 5) is 24.3. The largest absolute Gasteiger partial charge is 0.482 e. The van der Waals surface area contributed by atoms with Gasteiger partial charge in [0.2, 0.25) is 0 Å². The van der Waals surface area contributed by atoms with Crippen molar-refractivity contribution in [3.8, 4) is 5.75 Å². The summed E-state index contributed by atoms with van der Waals surface area (Å²) in [5, 5.41) is 7.61. The Morgan fingerprint density at radius 1 is 1.31 bits per heavy atom. The molecule has 2 N–H and O–H groups in total. The van der Waals surface area contributed by atoms with E-state index in [0.717, 1.165) is 48.3 Å². The lowest BCUT2D eigenvalue weighted by Crippen LogP contribution is -2.42. The number of hydrogen-bond acceptors (Lipinski definition) is 5. The first kappa shape index (κ1) is 23.4. The standard InChI is InChI=1S/C20H27N5O2S.HI/c1-3-15-12-23-18(28-15)13-24-20(21-4-2)22-10-7-11-25-16-8-5-6-9-17(16)27-14-19(25)26;/h5-6,8-9,12H,3-4,7,10-11,13-14H2,1-2H3,(H2,21,22,24);1H. The average Bonchev–Trinajstić information content (AvgIpc) is 3.18. The normalized spacial score (nSPS) is 13.4. The Balaban J connectivity index is 0.00000300. The lowest BCUT2D eigenvalue weighted by atomic mass is 10.2. The van der Waals surface area contributed by atoms with Crippen LogP contribution in [0.1, 0.15) is 30.2 Å². The molecule has 0 fully saturated rings. The molecule has 0 saturated carbocycles. The second kappa shape index (κ2) is 12.0. The molecular formula is C20H28IN5O2S. The minimum Gasteiger partial charge on any atom is -0.482 e. The number of ether oxygens (including phenoxy) is 1. The number of rotatable bonds is 8. The van der Waals surface area contributed by atoms with E-state index in [1.54, 1.807) is 16.2 Å². The number of nitrogens with zero attached hydrogens (tertiary/aromatic N) is 3. The molecule has 0 unspecified atom stereocenters. The van der Waals surface area contributed by atoms with E-state index in [9.17, 15) is 4.79 Å². The van der Waals surface area contributed by atoms with Gasteiger partial charge in [-0.2, -0.15) is 0 Å². The van der Waals surface area contributed by atoms with E-state index >= 15 is 0 Å². The molecule has 0 aliphatic carbocycles. The molecule has 1 aromatic heterocycles. The van der Waals surface area contributed by atoms with E-state index in [1.807, 2.05) is 37.4 Å². The molecule has 2 heterocycles. The number of thiazole rings is 1. The molecular weight excluding hydrogens is 501 g/mol. The fraction of sp³-hybridized carbons (Fsp3) is 0.450. The summed E-state index contributed by atoms with van der Waals surface area (Å²) in [7, 11) is 0. The number of nitrogens with one attached hydrogen (secondary N) is 2. The number of hydrogen-bond donors (Lipinski definition) is 2. The van der Waals surface area contributed by atoms with Crippen LogP contribution in [-0.2, 0) is 17.8 Å². The number of carbonyl (C=O) groups is 1. The molecule has 3 rings (SSSR count). The Labute approximate surface area is 193 Å². The van der Waals surface area contributed by atoms with Crippen molar-refractivity contribution in [1.29, 1.82) is 0 Å². The van der Waals surface area contributed by atoms with Crippen molar-refractivity contribution >= 4 is 52.9 Å². The van der Waals surface area contributed by atoms with Gasteiger partial charge in [0.05, 0.1) is 12.2 Å². The van der Waals surface area contributed by atoms with Crippen LogP contribution < -0.4 is 20.3 Å². The van der Waals surface area contributed by atoms with Gasteiger partial charge in [-0.15, -0.1) is 35.3 Å². The van der Waals surface area contributed by atoms with Gasteiger partial charge in [-0.3, -0.25) is 4.79 Å². The first-order chi connectivity index (χ1) is 13.7. The number of anilines is 1. The molecule has 2 aromatic rings. The number of aliphatic imine (C=N–C) groups is 1. The van der Waals surface area contributed by atoms with Crippen molar-refractivity contribution in [1.82, 2.24) is 15.6 Å². The number of carbonyl (C=O) groups excluding carboxylic acids is 1. The van der Waals surface area contributed by atoms with Crippen molar-refractivity contribution in [2.24, 2.45) is 4.99 Å². The molecule has 0 radical (unpaired) electrons. The fourth-order valence-electron chi connectivity index (χ4n) is 2.92. The molecule has 9 heteroatoms. The van der Waals surface area contributed by atoms with Crippen LogP contribution in [0.5, 0.6) is 5.75 Å². The van der Waals surface area contributed by atoms with Gasteiger partial charge >= 0.3 is 0 Å². The van der Waals surface area contributed by atoms with Crippen LogP contribution in [0.25, 0.3) is 0 Å². The Bertz CT molecular complexity index is 827. The van der Waals surface area contributed by atoms with E-state index in [2.05, 4.69) is 27.5 Å². The minimum atomic E-state index is -0.00484. The number of amides is 1. The van der Waals surface area contributed by atoms with Gasteiger partial charge in [-0.25, -0.2) is 9.98 Å². The summed E-state index contributed by atoms with van der Waals surface area (Å²) in [6.45, 7) is 6.98. The molecule has 1 aliphatic rings. The van der Waals surface area contributed by atoms with Gasteiger partial charge in [-0.05, 0) is 31.9 Å². The van der Waals surface area contributed by atoms with Gasteiger partial charge in [0, 0.05) is 30.7 Å². The Morgan fingerprint density at radius 3 is 2.90 bits per heavy atom. The molecule has 0 saturated heterocycles. The number of para-hydroxylation sites is 2. The highest BCUT2D eigenvalue weighted by atomic mass is 127. The van der Waals surface area contributed by atoms with Crippen LogP contribution in [-0.4, -0.2) is 43.1 Å². The number of guanidine groups is 1. The predicted octanol–water partition coefficient (Wildman–Crippen LogP) is 3.19. The molecule has 29 heavy (non-hydrogen) atoms. The lowest BCUT2D eigenvalue weighted by Gasteiger charge is -2.29. The molecule has 0 spiro atoms. The summed E-state index contributed by atoms with van der Waals surface area (Å²) in [6, 6.07) is 7.65. The molecule has 1 amide bonds. The third kappa shape index (κ3) is 6.56. The maximum atomic E-state index is 12.2. The topological polar surface area (TPSA) is 78.9 Å². The second-order valence-corrected chi connectivity index (χ2v) is 7.55. The lowest BCUT2D eigenvalue weighted by molar-refractivity contribution is -0.121. The third-order valence-electron chi connectivity index (χ3n) is 4.33. The summed E-state index contributed by atoms with van der Waals surface area (Å²) < 4.78 is 5.49. The van der Waals surface area contributed by atoms with Crippen molar-refractivity contribution in [3.63, 3.8) is 0 Å². The van der Waals surface area contributed by atoms with Crippen molar-refractivity contribution in [2.75, 3.05) is 31.1 Å². The zero-order valence-electron chi connectivity index (χ0n) is 16.8. The quantitative estimate of drug-likeness (QED) is 0.238. The van der Waals surface area contributed by atoms with Crippen LogP contribution in [0.3, 0.4) is 0 Å². The van der Waals surface area contributed by atoms with E-state index in [-0.39, 0.29) is 36.5 Å². The minimum absolute atomic E-state index is 0. The first-order valence-corrected chi connectivity index (χ1v) is 10.5. The molecule has 0 atom stereocenters. The van der Waals surface area contributed by atoms with E-state index in [4.69, 9.17) is 4.74 Å². The van der Waals surface area contributed by atoms with Gasteiger partial charge in [-0.1, -0.05) is 19.1 Å². The predicted molar refractivity (Wildman–Crippen MR) is 129 cm³/mol. The third-order valence-corrected chi connectivity index (χ3v) is 5.45. The average molecular weight is 529 g/mol. The maximum Gasteiger partial charge on any atom is 0.265 e. The number of halogens is 1. The van der Waals surface area contributed by atoms with Crippen molar-refractivity contribution in [2.45, 2.75) is 33.2 Å². The first-order valence-electron chi connectivity index (χ1n) is 9.69. The molecule has 1 aliphatic heterocycles. The van der Waals surface area contributed by atoms with E-state index < -0.39 is 0 Å². The van der Waals surface area contributed by atoms with Crippen LogP contribution >= 0.6 is 35.3 Å². The van der Waals surface area contributed by atoms with E-state index in [1.165, 1.54) is 4.88 Å². The maximum absolute atomic E-state index is 12.2. The number of benzene rings is 1. The van der Waals surface area contributed by atoms with Gasteiger partial charge in [0.1, 0.15) is 10.8 Å². The Morgan fingerprint density at radius 2 is 2.14 bits per heavy atom. The molecule has 7 nitrogen and oxygen atoms in total. The Kier molecular flexibility index (Phi) is 9.65. The van der Waals surface area contributed by atoms with Crippen LogP contribution in [0, 0.1) is 0 Å². The Hall–Kier alpha value is -1.88. The monoisotopic (exact) mass is 529 g/mol. The SMILES string of the molecule is CCNC(=NCc1ncc(CC)s1)NCCCN1C(=O)COc2ccccc21.I. The van der Waals surface area contributed by atoms with E-state index in [0.29, 0.717) is 13.1 Å². The highest BCUT2D eigenvalue weighted by molar-refractivity contribution is 14.0. The highest BCUT2D eigenvalue weighted by Gasteiger charge is 2.24. The van der Waals surface area contributed by atoms with Crippen molar-refractivity contribution < 1.29 is 9.53 Å². The number of aryl methyl sites for hydroxylation is 1. The summed E-state index contributed by atoms with van der Waals surface area (Å²) >= 11 is 1.70. The zero-order chi connectivity index (χ0) is 19.8. The fourth-order valence-corrected chi connectivity index (χ4v) is 3.70. The second-order valence-electron chi connectivity index (χ2n) is 6.35. The number of aromatic nitrogens is 1. The summed E-state index contributed by atoms with van der Waals surface area (Å²) in [5.41, 5.74) is 0.842. The van der Waals surface area contributed by atoms with Crippen LogP contribution in [0.4, 0.5) is 5.69 Å². The van der Waals surface area contributed by atoms with Gasteiger partial charge in [0.25, 0.3) is 5.91 Å². The number of fused-ring (bicyclic) bond motifs is 1.